The molecule has 0 aliphatic rings. The number of hydrogen-bond donors (Lipinski definition) is 3. The lowest BCUT2D eigenvalue weighted by Crippen LogP contribution is -3.00. The van der Waals surface area contributed by atoms with Crippen LogP contribution in [0.5, 0.6) is 0 Å². The zero-order valence-electron chi connectivity index (χ0n) is 8.87. The number of halogens is 1. The summed E-state index contributed by atoms with van der Waals surface area (Å²) in [4.78, 5) is 0. The minimum absolute atomic E-state index is 0. The summed E-state index contributed by atoms with van der Waals surface area (Å²) in [7, 11) is 6.16. The van der Waals surface area contributed by atoms with Crippen LogP contribution in [-0.4, -0.2) is 66.8 Å². The Hall–Kier alpha value is 0.130. The van der Waals surface area contributed by atoms with Gasteiger partial charge in [0.05, 0.1) is 40.5 Å². The first kappa shape index (κ1) is 18.8. The molecule has 13 heavy (non-hydrogen) atoms. The lowest BCUT2D eigenvalue weighted by atomic mass is 10.5. The summed E-state index contributed by atoms with van der Waals surface area (Å²) in [6, 6.07) is 0. The van der Waals surface area contributed by atoms with E-state index in [1.54, 1.807) is 0 Å². The zero-order chi connectivity index (χ0) is 10.2. The van der Waals surface area contributed by atoms with Crippen molar-refractivity contribution in [1.82, 2.24) is 0 Å². The Morgan fingerprint density at radius 2 is 1.46 bits per heavy atom. The van der Waals surface area contributed by atoms with Gasteiger partial charge in [-0.15, -0.1) is 0 Å². The monoisotopic (exact) mass is 215 g/mol. The SMILES string of the molecule is CC(O)CO.C[N+](C)(C)CCO.[Cl-]. The topological polar surface area (TPSA) is 60.7 Å². The highest BCUT2D eigenvalue weighted by Gasteiger charge is 2.02. The third-order valence-corrected chi connectivity index (χ3v) is 1.04. The van der Waals surface area contributed by atoms with Gasteiger partial charge in [-0.25, -0.2) is 0 Å². The normalized spacial score (nSPS) is 12.2. The minimum atomic E-state index is -0.560. The minimum Gasteiger partial charge on any atom is -1.00 e. The van der Waals surface area contributed by atoms with Gasteiger partial charge in [-0.3, -0.25) is 0 Å². The predicted octanol–water partition coefficient (Wildman–Crippen LogP) is -3.95. The predicted molar refractivity (Wildman–Crippen MR) is 48.8 cm³/mol. The molecule has 0 saturated heterocycles. The Morgan fingerprint density at radius 3 is 1.46 bits per heavy atom. The van der Waals surface area contributed by atoms with Crippen molar-refractivity contribution in [2.45, 2.75) is 13.0 Å². The number of rotatable bonds is 3. The molecule has 0 radical (unpaired) electrons. The van der Waals surface area contributed by atoms with Crippen molar-refractivity contribution < 1.29 is 32.2 Å². The molecule has 1 unspecified atom stereocenters. The van der Waals surface area contributed by atoms with Crippen LogP contribution in [0.4, 0.5) is 0 Å². The summed E-state index contributed by atoms with van der Waals surface area (Å²) in [5.74, 6) is 0. The van der Waals surface area contributed by atoms with E-state index in [9.17, 15) is 0 Å². The van der Waals surface area contributed by atoms with Crippen LogP contribution in [0, 0.1) is 0 Å². The standard InChI is InChI=1S/C5H14NO.C3H8O2.ClH/c1-6(2,3)4-5-7;1-3(5)2-4;/h7H,4-5H2,1-3H3;3-5H,2H2,1H3;1H/q+1;;/p-1. The van der Waals surface area contributed by atoms with E-state index in [4.69, 9.17) is 15.3 Å². The highest BCUT2D eigenvalue weighted by Crippen LogP contribution is 1.84. The summed E-state index contributed by atoms with van der Waals surface area (Å²) >= 11 is 0. The van der Waals surface area contributed by atoms with Crippen LogP contribution in [-0.2, 0) is 0 Å². The second-order valence-corrected chi connectivity index (χ2v) is 3.77. The van der Waals surface area contributed by atoms with Crippen LogP contribution in [0.3, 0.4) is 0 Å². The second-order valence-electron chi connectivity index (χ2n) is 3.77. The van der Waals surface area contributed by atoms with E-state index < -0.39 is 6.10 Å². The molecule has 0 aromatic carbocycles. The van der Waals surface area contributed by atoms with Gasteiger partial charge in [0.25, 0.3) is 0 Å². The summed E-state index contributed by atoms with van der Waals surface area (Å²) < 4.78 is 0.844. The molecule has 4 nitrogen and oxygen atoms in total. The van der Waals surface area contributed by atoms with Crippen molar-refractivity contribution in [3.63, 3.8) is 0 Å². The molecule has 0 rings (SSSR count). The van der Waals surface area contributed by atoms with Gasteiger partial charge in [0.1, 0.15) is 6.54 Å². The van der Waals surface area contributed by atoms with Gasteiger partial charge in [-0.2, -0.15) is 0 Å². The maximum Gasteiger partial charge on any atom is 0.101 e. The molecule has 0 amide bonds. The van der Waals surface area contributed by atoms with E-state index in [2.05, 4.69) is 21.1 Å². The van der Waals surface area contributed by atoms with Gasteiger partial charge >= 0.3 is 0 Å². The quantitative estimate of drug-likeness (QED) is 0.422. The first-order chi connectivity index (χ1) is 5.33. The molecule has 5 heteroatoms. The van der Waals surface area contributed by atoms with E-state index in [0.717, 1.165) is 11.0 Å². The van der Waals surface area contributed by atoms with Crippen molar-refractivity contribution in [1.29, 1.82) is 0 Å². The first-order valence-electron chi connectivity index (χ1n) is 4.03. The Labute approximate surface area is 86.8 Å². The molecule has 0 heterocycles. The molecular weight excluding hydrogens is 194 g/mol. The number of nitrogens with zero attached hydrogens (tertiary/aromatic N) is 1. The molecule has 0 aromatic rings. The van der Waals surface area contributed by atoms with Gasteiger partial charge in [-0.1, -0.05) is 0 Å². The molecule has 0 aromatic heterocycles. The average molecular weight is 216 g/mol. The molecule has 3 N–H and O–H groups in total. The molecule has 84 valence electrons. The lowest BCUT2D eigenvalue weighted by Gasteiger charge is -2.21. The molecule has 0 saturated carbocycles. The van der Waals surface area contributed by atoms with Crippen LogP contribution in [0.2, 0.25) is 0 Å². The van der Waals surface area contributed by atoms with E-state index in [0.29, 0.717) is 0 Å². The third kappa shape index (κ3) is 33.1. The maximum atomic E-state index is 8.39. The highest BCUT2D eigenvalue weighted by atomic mass is 35.5. The fraction of sp³-hybridized carbons (Fsp3) is 1.00. The first-order valence-corrected chi connectivity index (χ1v) is 4.03. The number of aliphatic hydroxyl groups excluding tert-OH is 3. The number of aliphatic hydroxyl groups is 3. The molecule has 0 aliphatic carbocycles. The van der Waals surface area contributed by atoms with E-state index in [-0.39, 0.29) is 25.6 Å². The largest absolute Gasteiger partial charge is 1.00 e. The fourth-order valence-electron chi connectivity index (χ4n) is 0.300. The Balaban J connectivity index is -0.000000150. The van der Waals surface area contributed by atoms with Crippen molar-refractivity contribution in [3.05, 3.63) is 0 Å². The van der Waals surface area contributed by atoms with Crippen LogP contribution < -0.4 is 12.4 Å². The third-order valence-electron chi connectivity index (χ3n) is 1.04. The molecule has 0 aliphatic heterocycles. The van der Waals surface area contributed by atoms with E-state index >= 15 is 0 Å². The smallest absolute Gasteiger partial charge is 0.101 e. The van der Waals surface area contributed by atoms with Crippen molar-refractivity contribution in [3.8, 4) is 0 Å². The van der Waals surface area contributed by atoms with Crippen molar-refractivity contribution in [2.75, 3.05) is 40.9 Å². The molecular formula is C8H22ClNO3. The van der Waals surface area contributed by atoms with Crippen LogP contribution >= 0.6 is 0 Å². The van der Waals surface area contributed by atoms with Crippen molar-refractivity contribution in [2.24, 2.45) is 0 Å². The average Bonchev–Trinajstić information content (AvgIpc) is 1.86. The van der Waals surface area contributed by atoms with Gasteiger partial charge in [0.2, 0.25) is 0 Å². The van der Waals surface area contributed by atoms with E-state index in [1.807, 2.05) is 0 Å². The molecule has 0 spiro atoms. The number of likely N-dealkylation sites (N-methyl/N-ethyl adjacent to an activating group) is 1. The van der Waals surface area contributed by atoms with Crippen LogP contribution in [0.1, 0.15) is 6.92 Å². The fourth-order valence-corrected chi connectivity index (χ4v) is 0.300. The highest BCUT2D eigenvalue weighted by molar-refractivity contribution is 4.34. The van der Waals surface area contributed by atoms with Crippen LogP contribution in [0.15, 0.2) is 0 Å². The summed E-state index contributed by atoms with van der Waals surface area (Å²) in [5, 5.41) is 24.4. The van der Waals surface area contributed by atoms with Crippen LogP contribution in [0.25, 0.3) is 0 Å². The maximum absolute atomic E-state index is 8.39. The Kier molecular flexibility index (Phi) is 14.8. The Morgan fingerprint density at radius 1 is 1.15 bits per heavy atom. The zero-order valence-corrected chi connectivity index (χ0v) is 9.62. The lowest BCUT2D eigenvalue weighted by molar-refractivity contribution is -0.870. The van der Waals surface area contributed by atoms with Gasteiger partial charge < -0.3 is 32.2 Å². The summed E-state index contributed by atoms with van der Waals surface area (Å²) in [5.41, 5.74) is 0. The van der Waals surface area contributed by atoms with Crippen molar-refractivity contribution >= 4 is 0 Å². The van der Waals surface area contributed by atoms with E-state index in [1.165, 1.54) is 6.92 Å². The Bertz CT molecular complexity index is 93.9. The van der Waals surface area contributed by atoms with Gasteiger partial charge in [0, 0.05) is 0 Å². The molecule has 0 bridgehead atoms. The van der Waals surface area contributed by atoms with Gasteiger partial charge in [0.15, 0.2) is 0 Å². The summed E-state index contributed by atoms with van der Waals surface area (Å²) in [6.07, 6.45) is -0.560. The summed E-state index contributed by atoms with van der Waals surface area (Å²) in [6.45, 7) is 2.50. The molecule has 1 atom stereocenters. The second kappa shape index (κ2) is 10.2. The number of hydrogen-bond acceptors (Lipinski definition) is 3. The van der Waals surface area contributed by atoms with Gasteiger partial charge in [-0.05, 0) is 6.92 Å². The number of quaternary nitrogens is 1. The molecule has 0 fully saturated rings.